The van der Waals surface area contributed by atoms with Crippen molar-refractivity contribution in [3.8, 4) is 11.1 Å². The number of hydrogen-bond acceptors (Lipinski definition) is 3. The van der Waals surface area contributed by atoms with Crippen LogP contribution in [0.3, 0.4) is 0 Å². The Hall–Kier alpha value is -2.47. The molecule has 1 saturated heterocycles. The SMILES string of the molecule is Cc1cc(Cl)c(F)cc1-c1c(C(=O)N2CCC2)nn2cccnc12. The van der Waals surface area contributed by atoms with E-state index in [-0.39, 0.29) is 10.9 Å². The summed E-state index contributed by atoms with van der Waals surface area (Å²) >= 11 is 5.86. The monoisotopic (exact) mass is 344 g/mol. The maximum absolute atomic E-state index is 14.0. The van der Waals surface area contributed by atoms with Crippen LogP contribution in [0.5, 0.6) is 0 Å². The Labute approximate surface area is 142 Å². The predicted molar refractivity (Wildman–Crippen MR) is 88.6 cm³/mol. The molecule has 122 valence electrons. The van der Waals surface area contributed by atoms with Crippen LogP contribution in [-0.4, -0.2) is 38.5 Å². The van der Waals surface area contributed by atoms with Gasteiger partial charge in [0.1, 0.15) is 5.82 Å². The van der Waals surface area contributed by atoms with E-state index in [0.29, 0.717) is 35.6 Å². The molecule has 0 spiro atoms. The van der Waals surface area contributed by atoms with Crippen molar-refractivity contribution in [1.82, 2.24) is 19.5 Å². The number of hydrogen-bond donors (Lipinski definition) is 0. The van der Waals surface area contributed by atoms with Gasteiger partial charge in [-0.05, 0) is 42.7 Å². The van der Waals surface area contributed by atoms with E-state index < -0.39 is 5.82 Å². The van der Waals surface area contributed by atoms with Crippen molar-refractivity contribution in [1.29, 1.82) is 0 Å². The summed E-state index contributed by atoms with van der Waals surface area (Å²) in [5.74, 6) is -0.689. The molecule has 0 aliphatic carbocycles. The van der Waals surface area contributed by atoms with Crippen LogP contribution in [0.2, 0.25) is 5.02 Å². The van der Waals surface area contributed by atoms with Gasteiger partial charge >= 0.3 is 0 Å². The van der Waals surface area contributed by atoms with Crippen molar-refractivity contribution in [2.75, 3.05) is 13.1 Å². The number of nitrogens with zero attached hydrogens (tertiary/aromatic N) is 4. The quantitative estimate of drug-likeness (QED) is 0.716. The maximum Gasteiger partial charge on any atom is 0.275 e. The molecule has 1 aliphatic rings. The number of carbonyl (C=O) groups excluding carboxylic acids is 1. The molecule has 1 fully saturated rings. The van der Waals surface area contributed by atoms with Gasteiger partial charge in [0.25, 0.3) is 5.91 Å². The summed E-state index contributed by atoms with van der Waals surface area (Å²) in [6.07, 6.45) is 4.33. The first-order valence-electron chi connectivity index (χ1n) is 7.65. The fraction of sp³-hybridized carbons (Fsp3) is 0.235. The second-order valence-corrected chi connectivity index (χ2v) is 6.25. The third-order valence-corrected chi connectivity index (χ3v) is 4.57. The number of likely N-dealkylation sites (tertiary alicyclic amines) is 1. The van der Waals surface area contributed by atoms with Crippen LogP contribution >= 0.6 is 11.6 Å². The molecule has 3 heterocycles. The molecule has 0 bridgehead atoms. The number of halogens is 2. The second-order valence-electron chi connectivity index (χ2n) is 5.84. The molecule has 2 aromatic heterocycles. The first-order chi connectivity index (χ1) is 11.6. The first kappa shape index (κ1) is 15.1. The standard InChI is InChI=1S/C17H14ClFN4O/c1-10-8-12(18)13(19)9-11(10)14-15(17(24)22-5-3-6-22)21-23-7-2-4-20-16(14)23/h2,4,7-9H,3,5-6H2,1H3. The highest BCUT2D eigenvalue weighted by atomic mass is 35.5. The summed E-state index contributed by atoms with van der Waals surface area (Å²) in [7, 11) is 0. The van der Waals surface area contributed by atoms with Crippen LogP contribution in [0, 0.1) is 12.7 Å². The number of carbonyl (C=O) groups is 1. The smallest absolute Gasteiger partial charge is 0.275 e. The van der Waals surface area contributed by atoms with Crippen molar-refractivity contribution in [2.24, 2.45) is 0 Å². The predicted octanol–water partition coefficient (Wildman–Crippen LogP) is 3.34. The minimum Gasteiger partial charge on any atom is -0.337 e. The summed E-state index contributed by atoms with van der Waals surface area (Å²) in [5.41, 5.74) is 2.69. The van der Waals surface area contributed by atoms with Gasteiger partial charge in [0.15, 0.2) is 11.3 Å². The van der Waals surface area contributed by atoms with Crippen molar-refractivity contribution >= 4 is 23.2 Å². The topological polar surface area (TPSA) is 50.5 Å². The number of aryl methyl sites for hydroxylation is 1. The molecule has 0 radical (unpaired) electrons. The average molecular weight is 345 g/mol. The number of amides is 1. The molecule has 4 rings (SSSR count). The molecule has 0 unspecified atom stereocenters. The highest BCUT2D eigenvalue weighted by molar-refractivity contribution is 6.31. The van der Waals surface area contributed by atoms with Crippen molar-refractivity contribution in [3.63, 3.8) is 0 Å². The molecular weight excluding hydrogens is 331 g/mol. The molecule has 0 atom stereocenters. The molecule has 7 heteroatoms. The van der Waals surface area contributed by atoms with E-state index >= 15 is 0 Å². The molecular formula is C17H14ClFN4O. The van der Waals surface area contributed by atoms with E-state index in [1.54, 1.807) is 33.9 Å². The Bertz CT molecular complexity index is 965. The van der Waals surface area contributed by atoms with Crippen LogP contribution in [-0.2, 0) is 0 Å². The molecule has 1 aliphatic heterocycles. The van der Waals surface area contributed by atoms with Gasteiger partial charge in [0.05, 0.1) is 10.6 Å². The van der Waals surface area contributed by atoms with E-state index in [1.807, 2.05) is 6.92 Å². The average Bonchev–Trinajstić information content (AvgIpc) is 2.88. The highest BCUT2D eigenvalue weighted by Crippen LogP contribution is 2.34. The minimum absolute atomic E-state index is 0.0521. The number of fused-ring (bicyclic) bond motifs is 1. The highest BCUT2D eigenvalue weighted by Gasteiger charge is 2.29. The van der Waals surface area contributed by atoms with E-state index in [1.165, 1.54) is 6.07 Å². The summed E-state index contributed by atoms with van der Waals surface area (Å²) in [6.45, 7) is 3.26. The van der Waals surface area contributed by atoms with Gasteiger partial charge in [-0.3, -0.25) is 4.79 Å². The van der Waals surface area contributed by atoms with E-state index in [0.717, 1.165) is 12.0 Å². The zero-order valence-electron chi connectivity index (χ0n) is 13.0. The Balaban J connectivity index is 1.99. The van der Waals surface area contributed by atoms with Crippen LogP contribution in [0.4, 0.5) is 4.39 Å². The third kappa shape index (κ3) is 2.26. The fourth-order valence-electron chi connectivity index (χ4n) is 2.87. The molecule has 1 aromatic carbocycles. The van der Waals surface area contributed by atoms with Crippen molar-refractivity contribution in [3.05, 3.63) is 52.7 Å². The van der Waals surface area contributed by atoms with Crippen molar-refractivity contribution < 1.29 is 9.18 Å². The van der Waals surface area contributed by atoms with Gasteiger partial charge in [-0.1, -0.05) is 11.6 Å². The van der Waals surface area contributed by atoms with Crippen LogP contribution in [0.15, 0.2) is 30.6 Å². The van der Waals surface area contributed by atoms with Crippen LogP contribution in [0.25, 0.3) is 16.8 Å². The summed E-state index contributed by atoms with van der Waals surface area (Å²) in [4.78, 5) is 18.8. The van der Waals surface area contributed by atoms with Crippen LogP contribution < -0.4 is 0 Å². The van der Waals surface area contributed by atoms with Gasteiger partial charge in [0.2, 0.25) is 0 Å². The zero-order valence-corrected chi connectivity index (χ0v) is 13.7. The Kier molecular flexibility index (Phi) is 3.49. The lowest BCUT2D eigenvalue weighted by atomic mass is 9.99. The van der Waals surface area contributed by atoms with Crippen molar-refractivity contribution in [2.45, 2.75) is 13.3 Å². The summed E-state index contributed by atoms with van der Waals surface area (Å²) in [6, 6.07) is 4.63. The number of benzene rings is 1. The fourth-order valence-corrected chi connectivity index (χ4v) is 3.09. The number of rotatable bonds is 2. The minimum atomic E-state index is -0.533. The largest absolute Gasteiger partial charge is 0.337 e. The van der Waals surface area contributed by atoms with Gasteiger partial charge < -0.3 is 4.90 Å². The molecule has 3 aromatic rings. The van der Waals surface area contributed by atoms with Gasteiger partial charge in [0, 0.05) is 25.5 Å². The van der Waals surface area contributed by atoms with Gasteiger partial charge in [-0.25, -0.2) is 13.9 Å². The van der Waals surface area contributed by atoms with Gasteiger partial charge in [-0.15, -0.1) is 0 Å². The van der Waals surface area contributed by atoms with E-state index in [2.05, 4.69) is 10.1 Å². The van der Waals surface area contributed by atoms with E-state index in [9.17, 15) is 9.18 Å². The lowest BCUT2D eigenvalue weighted by Gasteiger charge is -2.30. The number of aromatic nitrogens is 3. The van der Waals surface area contributed by atoms with Gasteiger partial charge in [-0.2, -0.15) is 5.10 Å². The summed E-state index contributed by atoms with van der Waals surface area (Å²) < 4.78 is 15.6. The Morgan fingerprint density at radius 1 is 1.33 bits per heavy atom. The van der Waals surface area contributed by atoms with Crippen LogP contribution in [0.1, 0.15) is 22.5 Å². The normalized spacial score (nSPS) is 14.0. The zero-order chi connectivity index (χ0) is 16.8. The summed E-state index contributed by atoms with van der Waals surface area (Å²) in [5, 5.41) is 4.44. The molecule has 0 N–H and O–H groups in total. The second kappa shape index (κ2) is 5.56. The lowest BCUT2D eigenvalue weighted by Crippen LogP contribution is -2.42. The van der Waals surface area contributed by atoms with E-state index in [4.69, 9.17) is 11.6 Å². The Morgan fingerprint density at radius 2 is 2.12 bits per heavy atom. The molecule has 0 saturated carbocycles. The lowest BCUT2D eigenvalue weighted by molar-refractivity contribution is 0.0646. The molecule has 1 amide bonds. The molecule has 5 nitrogen and oxygen atoms in total. The molecule has 24 heavy (non-hydrogen) atoms. The third-order valence-electron chi connectivity index (χ3n) is 4.28. The maximum atomic E-state index is 14.0. The Morgan fingerprint density at radius 3 is 2.83 bits per heavy atom. The first-order valence-corrected chi connectivity index (χ1v) is 8.02.